The first-order valence-electron chi connectivity index (χ1n) is 5.26. The molecule has 0 bridgehead atoms. The van der Waals surface area contributed by atoms with E-state index in [4.69, 9.17) is 17.3 Å². The maximum absolute atomic E-state index is 9.81. The van der Waals surface area contributed by atoms with Gasteiger partial charge >= 0.3 is 0 Å². The van der Waals surface area contributed by atoms with E-state index in [-0.39, 0.29) is 6.04 Å². The van der Waals surface area contributed by atoms with Crippen LogP contribution in [0.3, 0.4) is 0 Å². The first-order chi connectivity index (χ1) is 7.06. The van der Waals surface area contributed by atoms with Gasteiger partial charge in [0.25, 0.3) is 0 Å². The van der Waals surface area contributed by atoms with Gasteiger partial charge in [-0.3, -0.25) is 0 Å². The molecule has 1 aromatic rings. The van der Waals surface area contributed by atoms with Crippen molar-refractivity contribution in [2.45, 2.75) is 38.8 Å². The van der Waals surface area contributed by atoms with Crippen molar-refractivity contribution in [1.82, 2.24) is 0 Å². The Morgan fingerprint density at radius 2 is 2.13 bits per heavy atom. The molecule has 0 aromatic heterocycles. The Balaban J connectivity index is 2.86. The second kappa shape index (κ2) is 5.50. The molecule has 0 saturated heterocycles. The highest BCUT2D eigenvalue weighted by atomic mass is 35.5. The fraction of sp³-hybridized carbons (Fsp3) is 0.500. The summed E-state index contributed by atoms with van der Waals surface area (Å²) in [4.78, 5) is 0. The molecule has 84 valence electrons. The number of rotatable bonds is 4. The molecule has 0 fully saturated rings. The largest absolute Gasteiger partial charge is 0.391 e. The molecule has 0 unspecified atom stereocenters. The SMILES string of the molecule is CCC[C@@H](O)[C@@H](N)c1ccc(Cl)cc1C. The van der Waals surface area contributed by atoms with Crippen molar-refractivity contribution in [3.8, 4) is 0 Å². The summed E-state index contributed by atoms with van der Waals surface area (Å²) in [6, 6.07) is 5.25. The lowest BCUT2D eigenvalue weighted by atomic mass is 9.95. The van der Waals surface area contributed by atoms with E-state index in [9.17, 15) is 5.11 Å². The van der Waals surface area contributed by atoms with E-state index in [1.165, 1.54) is 0 Å². The van der Waals surface area contributed by atoms with Crippen LogP contribution in [0.25, 0.3) is 0 Å². The van der Waals surface area contributed by atoms with E-state index in [1.54, 1.807) is 0 Å². The molecule has 0 saturated carbocycles. The lowest BCUT2D eigenvalue weighted by Crippen LogP contribution is -2.26. The third kappa shape index (κ3) is 3.20. The van der Waals surface area contributed by atoms with Gasteiger partial charge in [0.15, 0.2) is 0 Å². The summed E-state index contributed by atoms with van der Waals surface area (Å²) in [5.41, 5.74) is 7.99. The predicted molar refractivity (Wildman–Crippen MR) is 64.0 cm³/mol. The second-order valence-corrected chi connectivity index (χ2v) is 4.32. The molecule has 0 aliphatic carbocycles. The summed E-state index contributed by atoms with van der Waals surface area (Å²) in [6.07, 6.45) is 1.18. The van der Waals surface area contributed by atoms with E-state index < -0.39 is 6.10 Å². The third-order valence-electron chi connectivity index (χ3n) is 2.59. The molecule has 3 heteroatoms. The summed E-state index contributed by atoms with van der Waals surface area (Å²) in [7, 11) is 0. The number of hydrogen-bond donors (Lipinski definition) is 2. The van der Waals surface area contributed by atoms with E-state index in [2.05, 4.69) is 0 Å². The molecule has 0 heterocycles. The molecule has 1 aromatic carbocycles. The van der Waals surface area contributed by atoms with Gasteiger partial charge in [0.1, 0.15) is 0 Å². The third-order valence-corrected chi connectivity index (χ3v) is 2.83. The minimum Gasteiger partial charge on any atom is -0.391 e. The van der Waals surface area contributed by atoms with Gasteiger partial charge in [-0.05, 0) is 36.6 Å². The lowest BCUT2D eigenvalue weighted by molar-refractivity contribution is 0.134. The Morgan fingerprint density at radius 1 is 1.47 bits per heavy atom. The van der Waals surface area contributed by atoms with Crippen LogP contribution in [0.1, 0.15) is 36.9 Å². The van der Waals surface area contributed by atoms with Crippen molar-refractivity contribution < 1.29 is 5.11 Å². The lowest BCUT2D eigenvalue weighted by Gasteiger charge is -2.20. The fourth-order valence-electron chi connectivity index (χ4n) is 1.70. The Bertz CT molecular complexity index is 327. The summed E-state index contributed by atoms with van der Waals surface area (Å²) in [5.74, 6) is 0. The molecule has 0 radical (unpaired) electrons. The second-order valence-electron chi connectivity index (χ2n) is 3.88. The van der Waals surface area contributed by atoms with Crippen LogP contribution in [0.4, 0.5) is 0 Å². The van der Waals surface area contributed by atoms with Gasteiger partial charge in [0.05, 0.1) is 12.1 Å². The first kappa shape index (κ1) is 12.5. The Morgan fingerprint density at radius 3 is 2.67 bits per heavy atom. The molecule has 0 spiro atoms. The van der Waals surface area contributed by atoms with Gasteiger partial charge in [-0.1, -0.05) is 31.0 Å². The van der Waals surface area contributed by atoms with Crippen molar-refractivity contribution in [1.29, 1.82) is 0 Å². The fourth-order valence-corrected chi connectivity index (χ4v) is 1.92. The van der Waals surface area contributed by atoms with Crippen LogP contribution in [0.5, 0.6) is 0 Å². The zero-order valence-electron chi connectivity index (χ0n) is 9.20. The predicted octanol–water partition coefficient (Wildman–Crippen LogP) is 2.81. The van der Waals surface area contributed by atoms with E-state index in [0.29, 0.717) is 5.02 Å². The topological polar surface area (TPSA) is 46.2 Å². The van der Waals surface area contributed by atoms with Gasteiger partial charge < -0.3 is 10.8 Å². The summed E-state index contributed by atoms with van der Waals surface area (Å²) in [5, 5.41) is 10.5. The smallest absolute Gasteiger partial charge is 0.0732 e. The van der Waals surface area contributed by atoms with Crippen LogP contribution in [-0.2, 0) is 0 Å². The van der Waals surface area contributed by atoms with Crippen molar-refractivity contribution in [2.75, 3.05) is 0 Å². The highest BCUT2D eigenvalue weighted by Gasteiger charge is 2.17. The van der Waals surface area contributed by atoms with Crippen LogP contribution in [0.15, 0.2) is 18.2 Å². The summed E-state index contributed by atoms with van der Waals surface area (Å²) in [6.45, 7) is 3.99. The summed E-state index contributed by atoms with van der Waals surface area (Å²) < 4.78 is 0. The average molecular weight is 228 g/mol. The van der Waals surface area contributed by atoms with Crippen LogP contribution in [0, 0.1) is 6.92 Å². The van der Waals surface area contributed by atoms with Gasteiger partial charge in [-0.25, -0.2) is 0 Å². The Hall–Kier alpha value is -0.570. The minimum atomic E-state index is -0.477. The molecule has 0 amide bonds. The van der Waals surface area contributed by atoms with Crippen LogP contribution >= 0.6 is 11.6 Å². The zero-order valence-corrected chi connectivity index (χ0v) is 9.96. The average Bonchev–Trinajstić information content (AvgIpc) is 2.17. The quantitative estimate of drug-likeness (QED) is 0.831. The molecular formula is C12H18ClNO. The first-order valence-corrected chi connectivity index (χ1v) is 5.63. The van der Waals surface area contributed by atoms with Crippen molar-refractivity contribution in [3.63, 3.8) is 0 Å². The highest BCUT2D eigenvalue weighted by Crippen LogP contribution is 2.23. The molecule has 3 N–H and O–H groups in total. The number of nitrogens with two attached hydrogens (primary N) is 1. The van der Waals surface area contributed by atoms with Gasteiger partial charge in [-0.2, -0.15) is 0 Å². The maximum Gasteiger partial charge on any atom is 0.0732 e. The molecule has 2 nitrogen and oxygen atoms in total. The normalized spacial score (nSPS) is 15.0. The van der Waals surface area contributed by atoms with Crippen LogP contribution in [0.2, 0.25) is 5.02 Å². The number of halogens is 1. The molecular weight excluding hydrogens is 210 g/mol. The number of aliphatic hydroxyl groups excluding tert-OH is 1. The van der Waals surface area contributed by atoms with Gasteiger partial charge in [-0.15, -0.1) is 0 Å². The number of aliphatic hydroxyl groups is 1. The number of hydrogen-bond acceptors (Lipinski definition) is 2. The molecule has 2 atom stereocenters. The maximum atomic E-state index is 9.81. The minimum absolute atomic E-state index is 0.317. The van der Waals surface area contributed by atoms with Crippen molar-refractivity contribution in [3.05, 3.63) is 34.3 Å². The Labute approximate surface area is 96.1 Å². The van der Waals surface area contributed by atoms with Crippen molar-refractivity contribution in [2.24, 2.45) is 5.73 Å². The number of aryl methyl sites for hydroxylation is 1. The van der Waals surface area contributed by atoms with E-state index >= 15 is 0 Å². The van der Waals surface area contributed by atoms with Crippen molar-refractivity contribution >= 4 is 11.6 Å². The monoisotopic (exact) mass is 227 g/mol. The van der Waals surface area contributed by atoms with Gasteiger partial charge in [0.2, 0.25) is 0 Å². The molecule has 15 heavy (non-hydrogen) atoms. The van der Waals surface area contributed by atoms with Gasteiger partial charge in [0, 0.05) is 5.02 Å². The highest BCUT2D eigenvalue weighted by molar-refractivity contribution is 6.30. The van der Waals surface area contributed by atoms with E-state index in [1.807, 2.05) is 32.0 Å². The standard InChI is InChI=1S/C12H18ClNO/c1-3-4-11(15)12(14)10-6-5-9(13)7-8(10)2/h5-7,11-12,15H,3-4,14H2,1-2H3/t11-,12+/m1/s1. The number of benzene rings is 1. The Kier molecular flexibility index (Phi) is 4.58. The zero-order chi connectivity index (χ0) is 11.4. The van der Waals surface area contributed by atoms with Crippen LogP contribution < -0.4 is 5.73 Å². The van der Waals surface area contributed by atoms with Crippen LogP contribution in [-0.4, -0.2) is 11.2 Å². The molecule has 0 aliphatic rings. The molecule has 0 aliphatic heterocycles. The summed E-state index contributed by atoms with van der Waals surface area (Å²) >= 11 is 5.86. The molecule has 1 rings (SSSR count). The van der Waals surface area contributed by atoms with E-state index in [0.717, 1.165) is 24.0 Å².